The molecule has 0 saturated heterocycles. The van der Waals surface area contributed by atoms with Gasteiger partial charge in [-0.1, -0.05) is 20.3 Å². The molecule has 56 valence electrons. The highest BCUT2D eigenvalue weighted by atomic mass is 15.3. The Morgan fingerprint density at radius 1 is 1.60 bits per heavy atom. The van der Waals surface area contributed by atoms with E-state index in [1.54, 1.807) is 0 Å². The number of hydrogen-bond acceptors (Lipinski definition) is 1. The van der Waals surface area contributed by atoms with Crippen LogP contribution >= 0.6 is 0 Å². The van der Waals surface area contributed by atoms with Crippen LogP contribution in [0.1, 0.15) is 20.3 Å². The monoisotopic (exact) mass is 138 g/mol. The molecule has 0 amide bonds. The number of rotatable bonds is 3. The third-order valence-electron chi connectivity index (χ3n) is 1.75. The first-order valence-corrected chi connectivity index (χ1v) is 3.80. The van der Waals surface area contributed by atoms with Crippen LogP contribution in [-0.2, 0) is 6.54 Å². The van der Waals surface area contributed by atoms with Crippen LogP contribution in [0.5, 0.6) is 0 Å². The van der Waals surface area contributed by atoms with Gasteiger partial charge in [-0.15, -0.1) is 0 Å². The van der Waals surface area contributed by atoms with Crippen LogP contribution in [0, 0.1) is 5.92 Å². The van der Waals surface area contributed by atoms with Gasteiger partial charge in [0.15, 0.2) is 0 Å². The Balaban J connectivity index is 2.40. The maximum Gasteiger partial charge on any atom is 0.0489 e. The Bertz CT molecular complexity index is 167. The van der Waals surface area contributed by atoms with E-state index in [1.165, 1.54) is 6.42 Å². The summed E-state index contributed by atoms with van der Waals surface area (Å²) in [5.74, 6) is 0.736. The number of aromatic nitrogens is 2. The van der Waals surface area contributed by atoms with Crippen LogP contribution in [0.25, 0.3) is 0 Å². The van der Waals surface area contributed by atoms with Crippen molar-refractivity contribution in [2.45, 2.75) is 26.8 Å². The van der Waals surface area contributed by atoms with Crippen molar-refractivity contribution in [2.75, 3.05) is 0 Å². The SMILES string of the molecule is CC[C@H](C)Cn1cccn1. The smallest absolute Gasteiger partial charge is 0.0489 e. The Labute approximate surface area is 61.9 Å². The summed E-state index contributed by atoms with van der Waals surface area (Å²) in [6, 6.07) is 1.96. The summed E-state index contributed by atoms with van der Waals surface area (Å²) in [5, 5.41) is 4.12. The highest BCUT2D eigenvalue weighted by Gasteiger charge is 1.98. The zero-order chi connectivity index (χ0) is 7.40. The van der Waals surface area contributed by atoms with E-state index < -0.39 is 0 Å². The van der Waals surface area contributed by atoms with Crippen LogP contribution < -0.4 is 0 Å². The predicted octanol–water partition coefficient (Wildman–Crippen LogP) is 1.93. The lowest BCUT2D eigenvalue weighted by Crippen LogP contribution is -2.06. The molecule has 10 heavy (non-hydrogen) atoms. The first kappa shape index (κ1) is 7.32. The van der Waals surface area contributed by atoms with Crippen molar-refractivity contribution in [2.24, 2.45) is 5.92 Å². The van der Waals surface area contributed by atoms with Gasteiger partial charge < -0.3 is 0 Å². The Kier molecular flexibility index (Phi) is 2.49. The largest absolute Gasteiger partial charge is 0.272 e. The van der Waals surface area contributed by atoms with E-state index >= 15 is 0 Å². The zero-order valence-electron chi connectivity index (χ0n) is 6.62. The molecule has 0 aliphatic heterocycles. The summed E-state index contributed by atoms with van der Waals surface area (Å²) in [6.45, 7) is 5.49. The molecule has 0 radical (unpaired) electrons. The summed E-state index contributed by atoms with van der Waals surface area (Å²) in [5.41, 5.74) is 0. The van der Waals surface area contributed by atoms with E-state index in [9.17, 15) is 0 Å². The first-order chi connectivity index (χ1) is 4.83. The van der Waals surface area contributed by atoms with Crippen LogP contribution in [0.2, 0.25) is 0 Å². The molecular formula is C8H14N2. The molecule has 0 aliphatic carbocycles. The summed E-state index contributed by atoms with van der Waals surface area (Å²) < 4.78 is 1.98. The topological polar surface area (TPSA) is 17.8 Å². The molecule has 0 unspecified atom stereocenters. The second kappa shape index (κ2) is 3.40. The normalized spacial score (nSPS) is 13.4. The van der Waals surface area contributed by atoms with Crippen LogP contribution in [-0.4, -0.2) is 9.78 Å². The van der Waals surface area contributed by atoms with Crippen molar-refractivity contribution in [3.05, 3.63) is 18.5 Å². The summed E-state index contributed by atoms with van der Waals surface area (Å²) in [4.78, 5) is 0. The molecular weight excluding hydrogens is 124 g/mol. The maximum absolute atomic E-state index is 4.12. The van der Waals surface area contributed by atoms with Crippen molar-refractivity contribution in [1.82, 2.24) is 9.78 Å². The average Bonchev–Trinajstić information content (AvgIpc) is 2.40. The molecule has 2 heteroatoms. The molecule has 1 rings (SSSR count). The molecule has 0 aromatic carbocycles. The van der Waals surface area contributed by atoms with Crippen LogP contribution in [0.4, 0.5) is 0 Å². The molecule has 2 nitrogen and oxygen atoms in total. The van der Waals surface area contributed by atoms with Gasteiger partial charge in [0.2, 0.25) is 0 Å². The lowest BCUT2D eigenvalue weighted by molar-refractivity contribution is 0.439. The number of nitrogens with zero attached hydrogens (tertiary/aromatic N) is 2. The van der Waals surface area contributed by atoms with E-state index in [2.05, 4.69) is 18.9 Å². The summed E-state index contributed by atoms with van der Waals surface area (Å²) >= 11 is 0. The van der Waals surface area contributed by atoms with Crippen molar-refractivity contribution < 1.29 is 0 Å². The second-order valence-corrected chi connectivity index (χ2v) is 2.74. The fourth-order valence-electron chi connectivity index (χ4n) is 0.857. The summed E-state index contributed by atoms with van der Waals surface area (Å²) in [7, 11) is 0. The molecule has 1 atom stereocenters. The van der Waals surface area contributed by atoms with Gasteiger partial charge in [0.1, 0.15) is 0 Å². The maximum atomic E-state index is 4.12. The van der Waals surface area contributed by atoms with E-state index in [1.807, 2.05) is 23.1 Å². The molecule has 0 spiro atoms. The average molecular weight is 138 g/mol. The molecule has 1 heterocycles. The van der Waals surface area contributed by atoms with Crippen LogP contribution in [0.15, 0.2) is 18.5 Å². The van der Waals surface area contributed by atoms with E-state index in [0.717, 1.165) is 12.5 Å². The van der Waals surface area contributed by atoms with Gasteiger partial charge in [-0.25, -0.2) is 0 Å². The van der Waals surface area contributed by atoms with Crippen LogP contribution in [0.3, 0.4) is 0 Å². The van der Waals surface area contributed by atoms with Gasteiger partial charge in [-0.05, 0) is 12.0 Å². The molecule has 1 aromatic heterocycles. The second-order valence-electron chi connectivity index (χ2n) is 2.74. The molecule has 0 N–H and O–H groups in total. The minimum atomic E-state index is 0.736. The highest BCUT2D eigenvalue weighted by molar-refractivity contribution is 4.77. The van der Waals surface area contributed by atoms with E-state index in [4.69, 9.17) is 0 Å². The molecule has 0 saturated carbocycles. The van der Waals surface area contributed by atoms with Gasteiger partial charge >= 0.3 is 0 Å². The summed E-state index contributed by atoms with van der Waals surface area (Å²) in [6.07, 6.45) is 5.05. The minimum absolute atomic E-state index is 0.736. The van der Waals surface area contributed by atoms with Gasteiger partial charge in [-0.2, -0.15) is 5.10 Å². The lowest BCUT2D eigenvalue weighted by atomic mass is 10.1. The van der Waals surface area contributed by atoms with Gasteiger partial charge in [-0.3, -0.25) is 4.68 Å². The third kappa shape index (κ3) is 1.87. The molecule has 0 aliphatic rings. The van der Waals surface area contributed by atoms with Gasteiger partial charge in [0.25, 0.3) is 0 Å². The van der Waals surface area contributed by atoms with E-state index in [0.29, 0.717) is 0 Å². The third-order valence-corrected chi connectivity index (χ3v) is 1.75. The van der Waals surface area contributed by atoms with Crippen molar-refractivity contribution in [3.63, 3.8) is 0 Å². The van der Waals surface area contributed by atoms with Crippen molar-refractivity contribution >= 4 is 0 Å². The molecule has 0 bridgehead atoms. The highest BCUT2D eigenvalue weighted by Crippen LogP contribution is 2.02. The van der Waals surface area contributed by atoms with Crippen molar-refractivity contribution in [3.8, 4) is 0 Å². The molecule has 1 aromatic rings. The quantitative estimate of drug-likeness (QED) is 0.624. The minimum Gasteiger partial charge on any atom is -0.272 e. The standard InChI is InChI=1S/C8H14N2/c1-3-8(2)7-10-6-4-5-9-10/h4-6,8H,3,7H2,1-2H3/t8-/m0/s1. The first-order valence-electron chi connectivity index (χ1n) is 3.80. The Hall–Kier alpha value is -0.790. The Morgan fingerprint density at radius 3 is 2.90 bits per heavy atom. The zero-order valence-corrected chi connectivity index (χ0v) is 6.62. The number of hydrogen-bond donors (Lipinski definition) is 0. The molecule has 0 fully saturated rings. The van der Waals surface area contributed by atoms with Crippen molar-refractivity contribution in [1.29, 1.82) is 0 Å². The fraction of sp³-hybridized carbons (Fsp3) is 0.625. The van der Waals surface area contributed by atoms with E-state index in [-0.39, 0.29) is 0 Å². The predicted molar refractivity (Wildman–Crippen MR) is 41.7 cm³/mol. The lowest BCUT2D eigenvalue weighted by Gasteiger charge is -2.06. The Morgan fingerprint density at radius 2 is 2.40 bits per heavy atom. The fourth-order valence-corrected chi connectivity index (χ4v) is 0.857. The van der Waals surface area contributed by atoms with Gasteiger partial charge in [0.05, 0.1) is 0 Å². The van der Waals surface area contributed by atoms with Gasteiger partial charge in [0, 0.05) is 18.9 Å².